The molecule has 0 radical (unpaired) electrons. The molecule has 1 saturated carbocycles. The molecular formula is C20H30N4O3. The van der Waals surface area contributed by atoms with Crippen LogP contribution in [0.4, 0.5) is 5.69 Å². The lowest BCUT2D eigenvalue weighted by Gasteiger charge is -2.34. The van der Waals surface area contributed by atoms with Crippen LogP contribution in [0.15, 0.2) is 24.3 Å². The maximum absolute atomic E-state index is 12.2. The van der Waals surface area contributed by atoms with E-state index < -0.39 is 17.7 Å². The van der Waals surface area contributed by atoms with Crippen LogP contribution in [0.2, 0.25) is 0 Å². The van der Waals surface area contributed by atoms with Gasteiger partial charge >= 0.3 is 11.8 Å². The van der Waals surface area contributed by atoms with Gasteiger partial charge in [-0.25, -0.2) is 0 Å². The molecule has 1 aliphatic rings. The topological polar surface area (TPSA) is 105 Å². The van der Waals surface area contributed by atoms with Crippen LogP contribution in [0, 0.1) is 5.92 Å². The van der Waals surface area contributed by atoms with E-state index in [1.807, 2.05) is 14.1 Å². The molecule has 1 fully saturated rings. The smallest absolute Gasteiger partial charge is 0.313 e. The summed E-state index contributed by atoms with van der Waals surface area (Å²) < 4.78 is 0. The predicted octanol–water partition coefficient (Wildman–Crippen LogP) is 1.28. The fourth-order valence-corrected chi connectivity index (χ4v) is 3.66. The molecular weight excluding hydrogens is 344 g/mol. The van der Waals surface area contributed by atoms with Crippen LogP contribution >= 0.6 is 0 Å². The Labute approximate surface area is 160 Å². The summed E-state index contributed by atoms with van der Waals surface area (Å²) >= 11 is 0. The third kappa shape index (κ3) is 6.67. The van der Waals surface area contributed by atoms with Gasteiger partial charge < -0.3 is 21.3 Å². The number of carbonyl (C=O) groups excluding carboxylic acids is 3. The molecule has 3 amide bonds. The monoisotopic (exact) mass is 374 g/mol. The molecule has 0 aliphatic heterocycles. The molecule has 1 unspecified atom stereocenters. The Morgan fingerprint density at radius 3 is 2.26 bits per heavy atom. The Morgan fingerprint density at radius 1 is 1.07 bits per heavy atom. The molecule has 7 nitrogen and oxygen atoms in total. The number of benzene rings is 1. The SMILES string of the molecule is CN(C)C(CNC(=O)C(=O)Nc1ccc(CC(N)=O)cc1)C1CCCCC1. The van der Waals surface area contributed by atoms with Crippen LogP contribution in [-0.4, -0.2) is 49.3 Å². The zero-order chi connectivity index (χ0) is 19.8. The van der Waals surface area contributed by atoms with Crippen LogP contribution in [0.1, 0.15) is 37.7 Å². The van der Waals surface area contributed by atoms with Crippen molar-refractivity contribution >= 4 is 23.4 Å². The zero-order valence-corrected chi connectivity index (χ0v) is 16.2. The maximum atomic E-state index is 12.2. The summed E-state index contributed by atoms with van der Waals surface area (Å²) in [6.07, 6.45) is 6.22. The number of hydrogen-bond donors (Lipinski definition) is 3. The molecule has 7 heteroatoms. The van der Waals surface area contributed by atoms with E-state index in [0.717, 1.165) is 5.56 Å². The molecule has 0 spiro atoms. The second-order valence-corrected chi connectivity index (χ2v) is 7.43. The molecule has 0 heterocycles. The number of rotatable bonds is 7. The number of primary amides is 1. The first-order chi connectivity index (χ1) is 12.9. The number of nitrogens with two attached hydrogens (primary N) is 1. The van der Waals surface area contributed by atoms with E-state index in [-0.39, 0.29) is 12.5 Å². The van der Waals surface area contributed by atoms with Crippen molar-refractivity contribution in [2.75, 3.05) is 26.0 Å². The minimum Gasteiger partial charge on any atom is -0.369 e. The van der Waals surface area contributed by atoms with Crippen LogP contribution in [0.3, 0.4) is 0 Å². The van der Waals surface area contributed by atoms with E-state index in [4.69, 9.17) is 5.73 Å². The summed E-state index contributed by atoms with van der Waals surface area (Å²) in [5.74, 6) is -1.20. The van der Waals surface area contributed by atoms with E-state index in [2.05, 4.69) is 15.5 Å². The highest BCUT2D eigenvalue weighted by molar-refractivity contribution is 6.39. The second-order valence-electron chi connectivity index (χ2n) is 7.43. The fourth-order valence-electron chi connectivity index (χ4n) is 3.66. The molecule has 27 heavy (non-hydrogen) atoms. The van der Waals surface area contributed by atoms with Crippen LogP contribution in [0.25, 0.3) is 0 Å². The van der Waals surface area contributed by atoms with Crippen LogP contribution < -0.4 is 16.4 Å². The third-order valence-corrected chi connectivity index (χ3v) is 5.13. The Kier molecular flexibility index (Phi) is 7.79. The van der Waals surface area contributed by atoms with E-state index in [9.17, 15) is 14.4 Å². The highest BCUT2D eigenvalue weighted by Crippen LogP contribution is 2.28. The van der Waals surface area contributed by atoms with Gasteiger partial charge in [-0.2, -0.15) is 0 Å². The summed E-state index contributed by atoms with van der Waals surface area (Å²) in [6, 6.07) is 6.92. The number of carbonyl (C=O) groups is 3. The van der Waals surface area contributed by atoms with Crippen molar-refractivity contribution in [2.24, 2.45) is 11.7 Å². The fraction of sp³-hybridized carbons (Fsp3) is 0.550. The number of likely N-dealkylation sites (N-methyl/N-ethyl adjacent to an activating group) is 1. The first-order valence-corrected chi connectivity index (χ1v) is 9.49. The molecule has 1 aromatic carbocycles. The number of amides is 3. The Morgan fingerprint density at radius 2 is 1.70 bits per heavy atom. The highest BCUT2D eigenvalue weighted by atomic mass is 16.2. The van der Waals surface area contributed by atoms with E-state index >= 15 is 0 Å². The lowest BCUT2D eigenvalue weighted by Crippen LogP contribution is -2.47. The van der Waals surface area contributed by atoms with Gasteiger partial charge in [-0.1, -0.05) is 31.4 Å². The number of nitrogens with zero attached hydrogens (tertiary/aromatic N) is 1. The van der Waals surface area contributed by atoms with Gasteiger partial charge in [0, 0.05) is 18.3 Å². The van der Waals surface area contributed by atoms with Gasteiger partial charge in [-0.3, -0.25) is 14.4 Å². The summed E-state index contributed by atoms with van der Waals surface area (Å²) in [5.41, 5.74) is 6.41. The number of anilines is 1. The Hall–Kier alpha value is -2.41. The molecule has 0 aromatic heterocycles. The van der Waals surface area contributed by atoms with Crippen molar-refractivity contribution in [1.29, 1.82) is 0 Å². The molecule has 1 aliphatic carbocycles. The minimum absolute atomic E-state index is 0.141. The molecule has 1 aromatic rings. The predicted molar refractivity (Wildman–Crippen MR) is 105 cm³/mol. The second kappa shape index (κ2) is 10.1. The molecule has 4 N–H and O–H groups in total. The van der Waals surface area contributed by atoms with Crippen molar-refractivity contribution in [3.05, 3.63) is 29.8 Å². The van der Waals surface area contributed by atoms with Crippen molar-refractivity contribution in [3.8, 4) is 0 Å². The summed E-state index contributed by atoms with van der Waals surface area (Å²) in [5, 5.41) is 5.34. The third-order valence-electron chi connectivity index (χ3n) is 5.13. The Balaban J connectivity index is 1.85. The normalized spacial score (nSPS) is 16.0. The van der Waals surface area contributed by atoms with Crippen LogP contribution in [0.5, 0.6) is 0 Å². The van der Waals surface area contributed by atoms with Crippen molar-refractivity contribution in [2.45, 2.75) is 44.6 Å². The quantitative estimate of drug-likeness (QED) is 0.625. The zero-order valence-electron chi connectivity index (χ0n) is 16.2. The van der Waals surface area contributed by atoms with E-state index in [0.29, 0.717) is 18.2 Å². The molecule has 148 valence electrons. The Bertz CT molecular complexity index is 652. The maximum Gasteiger partial charge on any atom is 0.313 e. The van der Waals surface area contributed by atoms with E-state index in [1.165, 1.54) is 32.1 Å². The molecule has 1 atom stereocenters. The lowest BCUT2D eigenvalue weighted by atomic mass is 9.83. The molecule has 0 bridgehead atoms. The van der Waals surface area contributed by atoms with Crippen LogP contribution in [-0.2, 0) is 20.8 Å². The first kappa shape index (κ1) is 20.9. The number of hydrogen-bond acceptors (Lipinski definition) is 4. The van der Waals surface area contributed by atoms with Gasteiger partial charge in [0.2, 0.25) is 5.91 Å². The first-order valence-electron chi connectivity index (χ1n) is 9.49. The van der Waals surface area contributed by atoms with Crippen molar-refractivity contribution in [3.63, 3.8) is 0 Å². The number of nitrogens with one attached hydrogen (secondary N) is 2. The van der Waals surface area contributed by atoms with Gasteiger partial charge in [-0.15, -0.1) is 0 Å². The van der Waals surface area contributed by atoms with Gasteiger partial charge in [0.15, 0.2) is 0 Å². The summed E-state index contributed by atoms with van der Waals surface area (Å²) in [6.45, 7) is 0.460. The minimum atomic E-state index is -0.696. The standard InChI is InChI=1S/C20H30N4O3/c1-24(2)17(15-6-4-3-5-7-15)13-22-19(26)20(27)23-16-10-8-14(9-11-16)12-18(21)25/h8-11,15,17H,3-7,12-13H2,1-2H3,(H2,21,25)(H,22,26)(H,23,27). The van der Waals surface area contributed by atoms with Gasteiger partial charge in [0.1, 0.15) is 0 Å². The van der Waals surface area contributed by atoms with Crippen molar-refractivity contribution < 1.29 is 14.4 Å². The van der Waals surface area contributed by atoms with Gasteiger partial charge in [-0.05, 0) is 50.6 Å². The average Bonchev–Trinajstić information content (AvgIpc) is 2.63. The summed E-state index contributed by atoms with van der Waals surface area (Å²) in [4.78, 5) is 37.3. The van der Waals surface area contributed by atoms with E-state index in [1.54, 1.807) is 24.3 Å². The van der Waals surface area contributed by atoms with Gasteiger partial charge in [0.05, 0.1) is 6.42 Å². The molecule has 0 saturated heterocycles. The lowest BCUT2D eigenvalue weighted by molar-refractivity contribution is -0.136. The molecule has 2 rings (SSSR count). The summed E-state index contributed by atoms with van der Waals surface area (Å²) in [7, 11) is 4.03. The highest BCUT2D eigenvalue weighted by Gasteiger charge is 2.26. The van der Waals surface area contributed by atoms with Crippen molar-refractivity contribution in [1.82, 2.24) is 10.2 Å². The van der Waals surface area contributed by atoms with Gasteiger partial charge in [0.25, 0.3) is 0 Å². The largest absolute Gasteiger partial charge is 0.369 e. The average molecular weight is 374 g/mol.